The molecule has 1 atom stereocenters. The van der Waals surface area contributed by atoms with Gasteiger partial charge in [-0.3, -0.25) is 4.79 Å². The molecule has 0 bridgehead atoms. The fourth-order valence-corrected chi connectivity index (χ4v) is 2.04. The molecule has 1 heterocycles. The van der Waals surface area contributed by atoms with Crippen molar-refractivity contribution in [3.8, 4) is 0 Å². The van der Waals surface area contributed by atoms with Crippen LogP contribution in [0.2, 0.25) is 5.02 Å². The zero-order chi connectivity index (χ0) is 13.8. The lowest BCUT2D eigenvalue weighted by Crippen LogP contribution is -2.29. The summed E-state index contributed by atoms with van der Waals surface area (Å²) in [4.78, 5) is 11.9. The molecule has 1 amide bonds. The average molecular weight is 279 g/mol. The van der Waals surface area contributed by atoms with Gasteiger partial charge in [0.25, 0.3) is 5.91 Å². The van der Waals surface area contributed by atoms with E-state index in [-0.39, 0.29) is 12.5 Å². The third kappa shape index (κ3) is 3.36. The van der Waals surface area contributed by atoms with Gasteiger partial charge in [-0.1, -0.05) is 17.7 Å². The number of amides is 1. The Bertz CT molecular complexity index is 580. The van der Waals surface area contributed by atoms with Gasteiger partial charge in [0, 0.05) is 36.1 Å². The van der Waals surface area contributed by atoms with Gasteiger partial charge in [0.15, 0.2) is 0 Å². The van der Waals surface area contributed by atoms with Gasteiger partial charge >= 0.3 is 0 Å². The molecule has 2 N–H and O–H groups in total. The first-order chi connectivity index (χ1) is 9.08. The highest BCUT2D eigenvalue weighted by Crippen LogP contribution is 2.13. The summed E-state index contributed by atoms with van der Waals surface area (Å²) >= 11 is 5.82. The van der Waals surface area contributed by atoms with Crippen LogP contribution < -0.4 is 5.32 Å². The fourth-order valence-electron chi connectivity index (χ4n) is 1.85. The molecule has 1 aromatic carbocycles. The Hall–Kier alpha value is -1.78. The highest BCUT2D eigenvalue weighted by atomic mass is 35.5. The molecule has 0 radical (unpaired) electrons. The second-order valence-electron chi connectivity index (χ2n) is 4.28. The van der Waals surface area contributed by atoms with E-state index in [1.807, 2.05) is 29.9 Å². The van der Waals surface area contributed by atoms with E-state index in [0.29, 0.717) is 10.6 Å². The monoisotopic (exact) mass is 278 g/mol. The second-order valence-corrected chi connectivity index (χ2v) is 4.72. The van der Waals surface area contributed by atoms with Crippen molar-refractivity contribution >= 4 is 17.5 Å². The highest BCUT2D eigenvalue weighted by molar-refractivity contribution is 6.30. The molecule has 0 aliphatic carbocycles. The Morgan fingerprint density at radius 2 is 2.21 bits per heavy atom. The lowest BCUT2D eigenvalue weighted by atomic mass is 10.2. The number of hydrogen-bond donors (Lipinski definition) is 2. The first-order valence-corrected chi connectivity index (χ1v) is 6.29. The highest BCUT2D eigenvalue weighted by Gasteiger charge is 2.12. The molecule has 0 fully saturated rings. The molecule has 0 saturated carbocycles. The van der Waals surface area contributed by atoms with E-state index in [2.05, 4.69) is 5.32 Å². The summed E-state index contributed by atoms with van der Waals surface area (Å²) in [5.41, 5.74) is 1.23. The molecule has 5 heteroatoms. The summed E-state index contributed by atoms with van der Waals surface area (Å²) in [7, 11) is 1.84. The number of hydrogen-bond acceptors (Lipinski definition) is 2. The van der Waals surface area contributed by atoms with E-state index in [9.17, 15) is 9.90 Å². The third-order valence-electron chi connectivity index (χ3n) is 2.87. The molecule has 1 unspecified atom stereocenters. The van der Waals surface area contributed by atoms with Gasteiger partial charge in [0.2, 0.25) is 0 Å². The van der Waals surface area contributed by atoms with Gasteiger partial charge in [0.05, 0.1) is 0 Å². The van der Waals surface area contributed by atoms with Crippen LogP contribution in [-0.2, 0) is 7.05 Å². The third-order valence-corrected chi connectivity index (χ3v) is 3.10. The largest absolute Gasteiger partial charge is 0.385 e. The SMILES string of the molecule is Cn1cccc1C(O)CNC(=O)c1cccc(Cl)c1. The molecular weight excluding hydrogens is 264 g/mol. The van der Waals surface area contributed by atoms with Gasteiger partial charge in [-0.2, -0.15) is 0 Å². The second kappa shape index (κ2) is 5.91. The summed E-state index contributed by atoms with van der Waals surface area (Å²) in [5.74, 6) is -0.254. The lowest BCUT2D eigenvalue weighted by Gasteiger charge is -2.13. The molecule has 1 aromatic heterocycles. The van der Waals surface area contributed by atoms with Crippen LogP contribution in [0.15, 0.2) is 42.6 Å². The van der Waals surface area contributed by atoms with Crippen molar-refractivity contribution in [1.82, 2.24) is 9.88 Å². The summed E-state index contributed by atoms with van der Waals surface area (Å²) < 4.78 is 1.82. The number of aryl methyl sites for hydroxylation is 1. The standard InChI is InChI=1S/C14H15ClN2O2/c1-17-7-3-6-12(17)13(18)9-16-14(19)10-4-2-5-11(15)8-10/h2-8,13,18H,9H2,1H3,(H,16,19). The molecular formula is C14H15ClN2O2. The molecule has 0 saturated heterocycles. The topological polar surface area (TPSA) is 54.3 Å². The van der Waals surface area contributed by atoms with Crippen LogP contribution in [0.5, 0.6) is 0 Å². The summed E-state index contributed by atoms with van der Waals surface area (Å²) in [6.45, 7) is 0.156. The Labute approximate surface area is 116 Å². The summed E-state index contributed by atoms with van der Waals surface area (Å²) in [5, 5.41) is 13.2. The molecule has 0 spiro atoms. The van der Waals surface area contributed by atoms with Crippen LogP contribution in [0.1, 0.15) is 22.2 Å². The van der Waals surface area contributed by atoms with E-state index >= 15 is 0 Å². The van der Waals surface area contributed by atoms with Crippen molar-refractivity contribution in [2.45, 2.75) is 6.10 Å². The minimum Gasteiger partial charge on any atom is -0.385 e. The van der Waals surface area contributed by atoms with Gasteiger partial charge in [-0.15, -0.1) is 0 Å². The van der Waals surface area contributed by atoms with Crippen molar-refractivity contribution in [1.29, 1.82) is 0 Å². The zero-order valence-electron chi connectivity index (χ0n) is 10.5. The molecule has 19 heavy (non-hydrogen) atoms. The number of halogens is 1. The number of nitrogens with zero attached hydrogens (tertiary/aromatic N) is 1. The minimum absolute atomic E-state index is 0.156. The predicted molar refractivity (Wildman–Crippen MR) is 74.2 cm³/mol. The van der Waals surface area contributed by atoms with Gasteiger partial charge in [-0.25, -0.2) is 0 Å². The Balaban J connectivity index is 1.96. The van der Waals surface area contributed by atoms with E-state index in [0.717, 1.165) is 5.69 Å². The zero-order valence-corrected chi connectivity index (χ0v) is 11.3. The van der Waals surface area contributed by atoms with E-state index in [4.69, 9.17) is 11.6 Å². The van der Waals surface area contributed by atoms with Crippen molar-refractivity contribution in [2.75, 3.05) is 6.54 Å². The Morgan fingerprint density at radius 3 is 2.84 bits per heavy atom. The number of carbonyl (C=O) groups excluding carboxylic acids is 1. The van der Waals surface area contributed by atoms with Crippen molar-refractivity contribution in [3.63, 3.8) is 0 Å². The van der Waals surface area contributed by atoms with Crippen molar-refractivity contribution in [2.24, 2.45) is 7.05 Å². The van der Waals surface area contributed by atoms with Crippen LogP contribution in [0.4, 0.5) is 0 Å². The first kappa shape index (κ1) is 13.6. The maximum Gasteiger partial charge on any atom is 0.251 e. The van der Waals surface area contributed by atoms with Gasteiger partial charge in [-0.05, 0) is 30.3 Å². The number of nitrogens with one attached hydrogen (secondary N) is 1. The smallest absolute Gasteiger partial charge is 0.251 e. The van der Waals surface area contributed by atoms with Crippen molar-refractivity contribution in [3.05, 3.63) is 58.9 Å². The molecule has 2 rings (SSSR count). The van der Waals surface area contributed by atoms with Gasteiger partial charge in [0.1, 0.15) is 6.10 Å². The molecule has 0 aliphatic heterocycles. The fraction of sp³-hybridized carbons (Fsp3) is 0.214. The number of carbonyl (C=O) groups is 1. The van der Waals surface area contributed by atoms with Gasteiger partial charge < -0.3 is 15.0 Å². The predicted octanol–water partition coefficient (Wildman–Crippen LogP) is 2.14. The maximum absolute atomic E-state index is 11.9. The quantitative estimate of drug-likeness (QED) is 0.900. The Kier molecular flexibility index (Phi) is 4.24. The maximum atomic E-state index is 11.9. The normalized spacial score (nSPS) is 12.2. The summed E-state index contributed by atoms with van der Waals surface area (Å²) in [6.07, 6.45) is 1.11. The van der Waals surface area contributed by atoms with E-state index in [1.165, 1.54) is 0 Å². The lowest BCUT2D eigenvalue weighted by molar-refractivity contribution is 0.0912. The molecule has 4 nitrogen and oxygen atoms in total. The van der Waals surface area contributed by atoms with Crippen LogP contribution in [0.25, 0.3) is 0 Å². The van der Waals surface area contributed by atoms with E-state index < -0.39 is 6.10 Å². The van der Waals surface area contributed by atoms with Crippen LogP contribution >= 0.6 is 11.6 Å². The number of aliphatic hydroxyl groups excluding tert-OH is 1. The van der Waals surface area contributed by atoms with Crippen LogP contribution in [0.3, 0.4) is 0 Å². The Morgan fingerprint density at radius 1 is 1.42 bits per heavy atom. The van der Waals surface area contributed by atoms with Crippen LogP contribution in [-0.4, -0.2) is 22.1 Å². The number of rotatable bonds is 4. The number of aliphatic hydroxyl groups is 1. The molecule has 100 valence electrons. The number of benzene rings is 1. The molecule has 0 aliphatic rings. The first-order valence-electron chi connectivity index (χ1n) is 5.91. The van der Waals surface area contributed by atoms with Crippen molar-refractivity contribution < 1.29 is 9.90 Å². The minimum atomic E-state index is -0.733. The van der Waals surface area contributed by atoms with E-state index in [1.54, 1.807) is 24.3 Å². The van der Waals surface area contributed by atoms with Crippen LogP contribution in [0, 0.1) is 0 Å². The number of aromatic nitrogens is 1. The molecule has 2 aromatic rings. The average Bonchev–Trinajstić information content (AvgIpc) is 2.82. The summed E-state index contributed by atoms with van der Waals surface area (Å²) in [6, 6.07) is 10.3.